The average Bonchev–Trinajstić information content (AvgIpc) is 2.85. The first-order valence-corrected chi connectivity index (χ1v) is 6.25. The summed E-state index contributed by atoms with van der Waals surface area (Å²) in [4.78, 5) is 14.2. The van der Waals surface area contributed by atoms with Gasteiger partial charge < -0.3 is 16.0 Å². The summed E-state index contributed by atoms with van der Waals surface area (Å²) in [5, 5.41) is 7.84. The summed E-state index contributed by atoms with van der Waals surface area (Å²) in [5.74, 6) is 0.145. The predicted octanol–water partition coefficient (Wildman–Crippen LogP) is 1.31. The molecule has 0 saturated carbocycles. The zero-order valence-corrected chi connectivity index (χ0v) is 10.7. The highest BCUT2D eigenvalue weighted by Gasteiger charge is 2.45. The van der Waals surface area contributed by atoms with Crippen molar-refractivity contribution in [1.82, 2.24) is 4.90 Å². The molecule has 1 aliphatic heterocycles. The van der Waals surface area contributed by atoms with Crippen LogP contribution in [0.25, 0.3) is 0 Å². The van der Waals surface area contributed by atoms with E-state index in [0.29, 0.717) is 5.71 Å². The molecule has 17 heavy (non-hydrogen) atoms. The lowest BCUT2D eigenvalue weighted by Gasteiger charge is -2.34. The molecule has 1 heterocycles. The Morgan fingerprint density at radius 3 is 2.76 bits per heavy atom. The van der Waals surface area contributed by atoms with Crippen molar-refractivity contribution in [2.45, 2.75) is 51.7 Å². The first-order valence-electron chi connectivity index (χ1n) is 6.25. The Morgan fingerprint density at radius 1 is 1.59 bits per heavy atom. The van der Waals surface area contributed by atoms with Crippen LogP contribution in [0.15, 0.2) is 11.6 Å². The summed E-state index contributed by atoms with van der Waals surface area (Å²) in [5.41, 5.74) is 7.73. The maximum atomic E-state index is 12.4. The number of rotatable bonds is 3. The molecule has 3 N–H and O–H groups in total. The van der Waals surface area contributed by atoms with Crippen LogP contribution in [0.1, 0.15) is 33.6 Å². The molecule has 2 bridgehead atoms. The fourth-order valence-corrected chi connectivity index (χ4v) is 2.80. The van der Waals surface area contributed by atoms with Gasteiger partial charge in [0.25, 0.3) is 0 Å². The zero-order chi connectivity index (χ0) is 12.7. The maximum Gasteiger partial charge on any atom is 0.240 e. The van der Waals surface area contributed by atoms with Crippen LogP contribution < -0.4 is 5.73 Å². The molecule has 0 aromatic rings. The van der Waals surface area contributed by atoms with E-state index in [0.717, 1.165) is 12.8 Å². The molecule has 1 amide bonds. The van der Waals surface area contributed by atoms with Crippen LogP contribution >= 0.6 is 0 Å². The first kappa shape index (κ1) is 12.3. The number of fused-ring (bicyclic) bond motifs is 2. The highest BCUT2D eigenvalue weighted by molar-refractivity contribution is 5.95. The topological polar surface area (TPSA) is 70.2 Å². The molecule has 0 spiro atoms. The fraction of sp³-hybridized carbons (Fsp3) is 0.692. The van der Waals surface area contributed by atoms with E-state index in [9.17, 15) is 4.79 Å². The normalized spacial score (nSPS) is 28.5. The van der Waals surface area contributed by atoms with Crippen LogP contribution in [0.2, 0.25) is 0 Å². The van der Waals surface area contributed by atoms with Crippen molar-refractivity contribution >= 4 is 11.6 Å². The van der Waals surface area contributed by atoms with Crippen molar-refractivity contribution in [3.8, 4) is 0 Å². The smallest absolute Gasteiger partial charge is 0.240 e. The second-order valence-electron chi connectivity index (χ2n) is 5.47. The molecular formula is C13H21N3O. The molecule has 0 aromatic carbocycles. The molecule has 1 aliphatic carbocycles. The van der Waals surface area contributed by atoms with Gasteiger partial charge in [0.15, 0.2) is 0 Å². The minimum Gasteiger partial charge on any atom is -0.326 e. The van der Waals surface area contributed by atoms with Gasteiger partial charge in [0.1, 0.15) is 0 Å². The van der Waals surface area contributed by atoms with Crippen molar-refractivity contribution in [2.75, 3.05) is 0 Å². The van der Waals surface area contributed by atoms with Gasteiger partial charge >= 0.3 is 0 Å². The van der Waals surface area contributed by atoms with E-state index >= 15 is 0 Å². The number of amides is 1. The third-order valence-electron chi connectivity index (χ3n) is 3.81. The largest absolute Gasteiger partial charge is 0.326 e. The standard InChI is InChI=1S/C13H21N3O/c1-7(2)11(15)13(17)16-10-5-4-9(6-10)12(16)8(3)14/h4,7,10-12,14H,5-6,15H2,1-3H3/t10-,11+,12-/m1/s1. The van der Waals surface area contributed by atoms with Gasteiger partial charge in [-0.1, -0.05) is 19.9 Å². The molecule has 2 rings (SSSR count). The SMILES string of the molecule is CC(=N)[C@@H]1C2=CC[C@H](C2)N1C(=O)[C@@H](N)C(C)C. The zero-order valence-electron chi connectivity index (χ0n) is 10.7. The summed E-state index contributed by atoms with van der Waals surface area (Å²) in [7, 11) is 0. The molecule has 3 atom stereocenters. The minimum atomic E-state index is -0.447. The van der Waals surface area contributed by atoms with Crippen molar-refractivity contribution in [2.24, 2.45) is 11.7 Å². The van der Waals surface area contributed by atoms with Crippen molar-refractivity contribution in [1.29, 1.82) is 5.41 Å². The molecule has 1 saturated heterocycles. The van der Waals surface area contributed by atoms with Gasteiger partial charge in [-0.15, -0.1) is 0 Å². The van der Waals surface area contributed by atoms with E-state index in [1.54, 1.807) is 6.92 Å². The Hall–Kier alpha value is -1.16. The fourth-order valence-electron chi connectivity index (χ4n) is 2.80. The van der Waals surface area contributed by atoms with Gasteiger partial charge in [0.2, 0.25) is 5.91 Å². The Labute approximate surface area is 102 Å². The molecule has 2 aliphatic rings. The molecule has 4 heteroatoms. The van der Waals surface area contributed by atoms with E-state index in [1.807, 2.05) is 18.7 Å². The number of carbonyl (C=O) groups is 1. The van der Waals surface area contributed by atoms with E-state index in [1.165, 1.54) is 5.57 Å². The van der Waals surface area contributed by atoms with Crippen LogP contribution in [-0.2, 0) is 4.79 Å². The second kappa shape index (κ2) is 4.26. The second-order valence-corrected chi connectivity index (χ2v) is 5.47. The van der Waals surface area contributed by atoms with Crippen molar-refractivity contribution in [3.63, 3.8) is 0 Å². The first-order chi connectivity index (χ1) is 7.93. The quantitative estimate of drug-likeness (QED) is 0.572. The lowest BCUT2D eigenvalue weighted by atomic mass is 9.99. The van der Waals surface area contributed by atoms with E-state index in [4.69, 9.17) is 11.1 Å². The lowest BCUT2D eigenvalue weighted by Crippen LogP contribution is -2.53. The number of hydrogen-bond acceptors (Lipinski definition) is 3. The van der Waals surface area contributed by atoms with Crippen LogP contribution in [0.5, 0.6) is 0 Å². The van der Waals surface area contributed by atoms with Gasteiger partial charge in [-0.25, -0.2) is 0 Å². The molecule has 0 unspecified atom stereocenters. The Kier molecular flexibility index (Phi) is 3.08. The summed E-state index contributed by atoms with van der Waals surface area (Å²) in [6.07, 6.45) is 4.03. The van der Waals surface area contributed by atoms with Crippen LogP contribution in [0, 0.1) is 11.3 Å². The van der Waals surface area contributed by atoms with Gasteiger partial charge in [0.05, 0.1) is 12.1 Å². The van der Waals surface area contributed by atoms with Gasteiger partial charge in [-0.2, -0.15) is 0 Å². The number of nitrogens with zero attached hydrogens (tertiary/aromatic N) is 1. The molecule has 94 valence electrons. The van der Waals surface area contributed by atoms with Gasteiger partial charge in [-0.05, 0) is 31.3 Å². The molecule has 1 fully saturated rings. The predicted molar refractivity (Wildman–Crippen MR) is 68.0 cm³/mol. The van der Waals surface area contributed by atoms with Gasteiger partial charge in [0, 0.05) is 11.8 Å². The number of nitrogens with two attached hydrogens (primary N) is 1. The monoisotopic (exact) mass is 235 g/mol. The third kappa shape index (κ3) is 1.90. The Balaban J connectivity index is 2.23. The van der Waals surface area contributed by atoms with E-state index in [2.05, 4.69) is 6.08 Å². The van der Waals surface area contributed by atoms with Crippen LogP contribution in [0.4, 0.5) is 0 Å². The summed E-state index contributed by atoms with van der Waals surface area (Å²) in [6.45, 7) is 5.69. The number of carbonyl (C=O) groups excluding carboxylic acids is 1. The summed E-state index contributed by atoms with van der Waals surface area (Å²) >= 11 is 0. The average molecular weight is 235 g/mol. The molecule has 0 aromatic heterocycles. The Bertz CT molecular complexity index is 386. The summed E-state index contributed by atoms with van der Waals surface area (Å²) < 4.78 is 0. The van der Waals surface area contributed by atoms with Crippen molar-refractivity contribution in [3.05, 3.63) is 11.6 Å². The number of nitrogens with one attached hydrogen (secondary N) is 1. The van der Waals surface area contributed by atoms with Crippen LogP contribution in [0.3, 0.4) is 0 Å². The van der Waals surface area contributed by atoms with Crippen LogP contribution in [-0.4, -0.2) is 34.6 Å². The number of hydrogen-bond donors (Lipinski definition) is 2. The number of likely N-dealkylation sites (tertiary alicyclic amines) is 1. The summed E-state index contributed by atoms with van der Waals surface area (Å²) in [6, 6.07) is -0.324. The molecular weight excluding hydrogens is 214 g/mol. The highest BCUT2D eigenvalue weighted by atomic mass is 16.2. The molecule has 4 nitrogen and oxygen atoms in total. The Morgan fingerprint density at radius 2 is 2.24 bits per heavy atom. The minimum absolute atomic E-state index is 0.00435. The van der Waals surface area contributed by atoms with Gasteiger partial charge in [-0.3, -0.25) is 4.79 Å². The third-order valence-corrected chi connectivity index (χ3v) is 3.81. The highest BCUT2D eigenvalue weighted by Crippen LogP contribution is 2.38. The maximum absolute atomic E-state index is 12.4. The van der Waals surface area contributed by atoms with E-state index in [-0.39, 0.29) is 23.9 Å². The molecule has 0 radical (unpaired) electrons. The van der Waals surface area contributed by atoms with E-state index < -0.39 is 6.04 Å². The van der Waals surface area contributed by atoms with Crippen molar-refractivity contribution < 1.29 is 4.79 Å². The lowest BCUT2D eigenvalue weighted by molar-refractivity contribution is -0.135.